The van der Waals surface area contributed by atoms with Gasteiger partial charge in [0, 0.05) is 13.1 Å². The van der Waals surface area contributed by atoms with Crippen molar-refractivity contribution >= 4 is 17.8 Å². The van der Waals surface area contributed by atoms with Crippen LogP contribution in [0.3, 0.4) is 0 Å². The molecule has 1 saturated carbocycles. The van der Waals surface area contributed by atoms with Gasteiger partial charge in [-0.15, -0.1) is 0 Å². The number of carbonyl (C=O) groups is 3. The van der Waals surface area contributed by atoms with E-state index in [1.54, 1.807) is 6.08 Å². The Kier molecular flexibility index (Phi) is 2.06. The third kappa shape index (κ3) is 1.14. The zero-order valence-electron chi connectivity index (χ0n) is 9.96. The van der Waals surface area contributed by atoms with Crippen molar-refractivity contribution in [3.63, 3.8) is 0 Å². The van der Waals surface area contributed by atoms with Gasteiger partial charge in [-0.1, -0.05) is 12.7 Å². The highest BCUT2D eigenvalue weighted by Crippen LogP contribution is 2.56. The van der Waals surface area contributed by atoms with Crippen molar-refractivity contribution in [1.82, 2.24) is 4.90 Å². The van der Waals surface area contributed by atoms with Gasteiger partial charge in [0.05, 0.1) is 11.8 Å². The van der Waals surface area contributed by atoms with Gasteiger partial charge in [0.2, 0.25) is 11.8 Å². The van der Waals surface area contributed by atoms with Crippen molar-refractivity contribution in [3.05, 3.63) is 24.8 Å². The predicted molar refractivity (Wildman–Crippen MR) is 61.0 cm³/mol. The molecule has 1 heterocycles. The smallest absolute Gasteiger partial charge is 0.331 e. The first-order chi connectivity index (χ1) is 8.50. The average molecular weight is 247 g/mol. The van der Waals surface area contributed by atoms with Crippen LogP contribution < -0.4 is 0 Å². The minimum Gasteiger partial charge on any atom is -0.451 e. The number of esters is 1. The Morgan fingerprint density at radius 3 is 2.94 bits per heavy atom. The number of imide groups is 1. The van der Waals surface area contributed by atoms with E-state index in [-0.39, 0.29) is 23.7 Å². The molecule has 3 rings (SSSR count). The molecule has 4 unspecified atom stereocenters. The number of hydrogen-bond donors (Lipinski definition) is 0. The molecule has 0 aromatic heterocycles. The van der Waals surface area contributed by atoms with Crippen LogP contribution in [0.15, 0.2) is 24.8 Å². The Labute approximate surface area is 104 Å². The molecular weight excluding hydrogens is 234 g/mol. The van der Waals surface area contributed by atoms with E-state index in [2.05, 4.69) is 6.58 Å². The van der Waals surface area contributed by atoms with Gasteiger partial charge in [-0.3, -0.25) is 14.5 Å². The molecule has 2 amide bonds. The summed E-state index contributed by atoms with van der Waals surface area (Å²) in [5.74, 6) is -1.92. The highest BCUT2D eigenvalue weighted by Gasteiger charge is 2.67. The van der Waals surface area contributed by atoms with E-state index in [1.807, 2.05) is 6.08 Å². The van der Waals surface area contributed by atoms with Gasteiger partial charge in [-0.25, -0.2) is 4.79 Å². The lowest BCUT2D eigenvalue weighted by atomic mass is 9.82. The molecule has 1 aliphatic heterocycles. The third-order valence-electron chi connectivity index (χ3n) is 4.20. The zero-order chi connectivity index (χ0) is 13.1. The normalized spacial score (nSPS) is 40.3. The molecule has 4 atom stereocenters. The fraction of sp³-hybridized carbons (Fsp3) is 0.462. The molecule has 2 bridgehead atoms. The molecule has 5 heteroatoms. The number of amides is 2. The zero-order valence-corrected chi connectivity index (χ0v) is 9.96. The second kappa shape index (κ2) is 3.31. The molecule has 94 valence electrons. The molecule has 0 aromatic rings. The lowest BCUT2D eigenvalue weighted by Gasteiger charge is -2.29. The summed E-state index contributed by atoms with van der Waals surface area (Å²) in [5.41, 5.74) is -0.946. The number of nitrogens with zero attached hydrogens (tertiary/aromatic N) is 1. The quantitative estimate of drug-likeness (QED) is 0.304. The van der Waals surface area contributed by atoms with Gasteiger partial charge in [-0.05, 0) is 18.4 Å². The lowest BCUT2D eigenvalue weighted by Crippen LogP contribution is -2.42. The van der Waals surface area contributed by atoms with Crippen LogP contribution in [0.5, 0.6) is 0 Å². The van der Waals surface area contributed by atoms with Crippen LogP contribution in [-0.2, 0) is 19.1 Å². The molecule has 0 N–H and O–H groups in total. The number of rotatable bonds is 2. The topological polar surface area (TPSA) is 63.7 Å². The number of hydrogen-bond acceptors (Lipinski definition) is 4. The molecule has 2 aliphatic carbocycles. The van der Waals surface area contributed by atoms with Crippen molar-refractivity contribution in [2.24, 2.45) is 17.8 Å². The minimum absolute atomic E-state index is 0.00554. The van der Waals surface area contributed by atoms with Crippen LogP contribution in [-0.4, -0.2) is 35.3 Å². The Morgan fingerprint density at radius 2 is 2.28 bits per heavy atom. The molecule has 1 saturated heterocycles. The summed E-state index contributed by atoms with van der Waals surface area (Å²) in [7, 11) is 1.48. The van der Waals surface area contributed by atoms with E-state index in [0.29, 0.717) is 6.42 Å². The number of allylic oxidation sites excluding steroid dienone is 1. The van der Waals surface area contributed by atoms with E-state index in [1.165, 1.54) is 7.05 Å². The highest BCUT2D eigenvalue weighted by molar-refractivity contribution is 6.07. The van der Waals surface area contributed by atoms with Gasteiger partial charge in [0.15, 0.2) is 0 Å². The van der Waals surface area contributed by atoms with Crippen LogP contribution in [0.25, 0.3) is 0 Å². The van der Waals surface area contributed by atoms with Gasteiger partial charge in [0.25, 0.3) is 0 Å². The summed E-state index contributed by atoms with van der Waals surface area (Å²) in [4.78, 5) is 36.7. The van der Waals surface area contributed by atoms with Gasteiger partial charge in [0.1, 0.15) is 5.60 Å². The number of carbonyl (C=O) groups excluding carboxylic acids is 3. The third-order valence-corrected chi connectivity index (χ3v) is 4.20. The summed E-state index contributed by atoms with van der Waals surface area (Å²) in [5, 5.41) is 0. The second-order valence-corrected chi connectivity index (χ2v) is 5.05. The first kappa shape index (κ1) is 11.2. The lowest BCUT2D eigenvalue weighted by molar-refractivity contribution is -0.155. The van der Waals surface area contributed by atoms with E-state index in [4.69, 9.17) is 4.74 Å². The predicted octanol–water partition coefficient (Wildman–Crippen LogP) is 0.275. The van der Waals surface area contributed by atoms with Crippen molar-refractivity contribution in [2.75, 3.05) is 7.05 Å². The van der Waals surface area contributed by atoms with Crippen LogP contribution in [0.2, 0.25) is 0 Å². The van der Waals surface area contributed by atoms with E-state index >= 15 is 0 Å². The molecule has 3 aliphatic rings. The van der Waals surface area contributed by atoms with Crippen molar-refractivity contribution in [1.29, 1.82) is 0 Å². The Morgan fingerprint density at radius 1 is 1.56 bits per heavy atom. The highest BCUT2D eigenvalue weighted by atomic mass is 16.6. The standard InChI is InChI=1S/C13H13NO4/c1-3-8(15)18-13-5-4-7(6-13)9-10(13)12(17)14(2)11(9)16/h3-5,7,9-10H,1,6H2,2H3. The Hall–Kier alpha value is -1.91. The maximum Gasteiger partial charge on any atom is 0.331 e. The largest absolute Gasteiger partial charge is 0.451 e. The van der Waals surface area contributed by atoms with E-state index in [9.17, 15) is 14.4 Å². The fourth-order valence-corrected chi connectivity index (χ4v) is 3.42. The van der Waals surface area contributed by atoms with Crippen LogP contribution in [0.1, 0.15) is 6.42 Å². The first-order valence-corrected chi connectivity index (χ1v) is 5.86. The van der Waals surface area contributed by atoms with Crippen LogP contribution in [0, 0.1) is 17.8 Å². The van der Waals surface area contributed by atoms with Crippen LogP contribution >= 0.6 is 0 Å². The summed E-state index contributed by atoms with van der Waals surface area (Å²) in [6, 6.07) is 0. The maximum atomic E-state index is 12.1. The average Bonchev–Trinajstić information content (AvgIpc) is 2.96. The maximum absolute atomic E-state index is 12.1. The fourth-order valence-electron chi connectivity index (χ4n) is 3.42. The molecule has 0 spiro atoms. The monoisotopic (exact) mass is 247 g/mol. The van der Waals surface area contributed by atoms with Gasteiger partial charge < -0.3 is 4.74 Å². The number of likely N-dealkylation sites (tertiary alicyclic amines) is 1. The minimum atomic E-state index is -0.946. The van der Waals surface area contributed by atoms with E-state index in [0.717, 1.165) is 11.0 Å². The molecule has 0 radical (unpaired) electrons. The molecular formula is C13H13NO4. The van der Waals surface area contributed by atoms with E-state index < -0.39 is 17.5 Å². The summed E-state index contributed by atoms with van der Waals surface area (Å²) < 4.78 is 5.38. The molecule has 2 fully saturated rings. The summed E-state index contributed by atoms with van der Waals surface area (Å²) in [6.07, 6.45) is 5.23. The first-order valence-electron chi connectivity index (χ1n) is 5.86. The van der Waals surface area contributed by atoms with Gasteiger partial charge >= 0.3 is 5.97 Å². The van der Waals surface area contributed by atoms with Crippen molar-refractivity contribution in [3.8, 4) is 0 Å². The second-order valence-electron chi connectivity index (χ2n) is 5.05. The Bertz CT molecular complexity index is 509. The summed E-state index contributed by atoms with van der Waals surface area (Å²) >= 11 is 0. The van der Waals surface area contributed by atoms with Crippen molar-refractivity contribution in [2.45, 2.75) is 12.0 Å². The van der Waals surface area contributed by atoms with Gasteiger partial charge in [-0.2, -0.15) is 0 Å². The molecule has 0 aromatic carbocycles. The molecule has 18 heavy (non-hydrogen) atoms. The number of ether oxygens (including phenoxy) is 1. The summed E-state index contributed by atoms with van der Waals surface area (Å²) in [6.45, 7) is 3.36. The van der Waals surface area contributed by atoms with Crippen LogP contribution in [0.4, 0.5) is 0 Å². The Balaban J connectivity index is 2.01. The molecule has 5 nitrogen and oxygen atoms in total. The SMILES string of the molecule is C=CC(=O)OC12C=CC(C1)C1C(=O)N(C)C(=O)C12. The van der Waals surface area contributed by atoms with Crippen molar-refractivity contribution < 1.29 is 19.1 Å². The number of fused-ring (bicyclic) bond motifs is 5.